The van der Waals surface area contributed by atoms with Crippen LogP contribution in [0.2, 0.25) is 0 Å². The lowest BCUT2D eigenvalue weighted by Gasteiger charge is -2.13. The number of rotatable bonds is 1. The summed E-state index contributed by atoms with van der Waals surface area (Å²) in [7, 11) is 0. The minimum atomic E-state index is -0.407. The largest absolute Gasteiger partial charge is 0.262 e. The summed E-state index contributed by atoms with van der Waals surface area (Å²) in [6, 6.07) is 0. The maximum Gasteiger partial charge on any atom is 0.189 e. The van der Waals surface area contributed by atoms with Crippen LogP contribution in [0, 0.1) is 5.41 Å². The van der Waals surface area contributed by atoms with E-state index in [-0.39, 0.29) is 5.97 Å². The summed E-state index contributed by atoms with van der Waals surface area (Å²) in [6.45, 7) is 7.78. The van der Waals surface area contributed by atoms with Crippen molar-refractivity contribution in [1.29, 1.82) is 0 Å². The van der Waals surface area contributed by atoms with Gasteiger partial charge in [0, 0.05) is 12.0 Å². The highest BCUT2D eigenvalue weighted by Gasteiger charge is 2.17. The van der Waals surface area contributed by atoms with Gasteiger partial charge < -0.3 is 0 Å². The zero-order chi connectivity index (χ0) is 7.49. The number of hydrogen-bond acceptors (Lipinski definition) is 1. The summed E-state index contributed by atoms with van der Waals surface area (Å²) >= 11 is 0. The van der Waals surface area contributed by atoms with Crippen molar-refractivity contribution < 1.29 is 4.39 Å². The zero-order valence-electron chi connectivity index (χ0n) is 6.53. The molecule has 0 fully saturated rings. The van der Waals surface area contributed by atoms with E-state index in [1.54, 1.807) is 0 Å². The Kier molecular flexibility index (Phi) is 2.82. The van der Waals surface area contributed by atoms with Crippen LogP contribution >= 0.6 is 0 Å². The number of nitrogens with zero attached hydrogens (tertiary/aromatic N) is 1. The summed E-state index contributed by atoms with van der Waals surface area (Å²) in [5, 5.41) is 0. The van der Waals surface area contributed by atoms with Crippen LogP contribution in [-0.2, 0) is 0 Å². The van der Waals surface area contributed by atoms with Crippen LogP contribution in [0.1, 0.15) is 27.7 Å². The van der Waals surface area contributed by atoms with E-state index in [2.05, 4.69) is 4.99 Å². The molecular formula is C7H14FN. The molecule has 0 saturated heterocycles. The molecule has 0 rings (SSSR count). The molecule has 0 atom stereocenters. The van der Waals surface area contributed by atoms with E-state index in [0.717, 1.165) is 0 Å². The highest BCUT2D eigenvalue weighted by atomic mass is 19.1. The molecule has 0 bridgehead atoms. The molecule has 0 aliphatic rings. The van der Waals surface area contributed by atoms with Crippen LogP contribution in [0.15, 0.2) is 4.99 Å². The fraction of sp³-hybridized carbons (Fsp3) is 0.857. The van der Waals surface area contributed by atoms with Gasteiger partial charge in [0.2, 0.25) is 0 Å². The average molecular weight is 131 g/mol. The summed E-state index contributed by atoms with van der Waals surface area (Å²) in [4.78, 5) is 3.65. The lowest BCUT2D eigenvalue weighted by molar-refractivity contribution is 0.515. The van der Waals surface area contributed by atoms with Gasteiger partial charge in [-0.3, -0.25) is 4.99 Å². The third-order valence-electron chi connectivity index (χ3n) is 0.916. The molecule has 0 aliphatic heterocycles. The molecule has 0 aliphatic carbocycles. The third-order valence-corrected chi connectivity index (χ3v) is 0.916. The van der Waals surface area contributed by atoms with Crippen molar-refractivity contribution >= 4 is 5.97 Å². The first-order valence-electron chi connectivity index (χ1n) is 3.19. The molecule has 0 aromatic carbocycles. The molecule has 1 nitrogen and oxygen atoms in total. The molecular weight excluding hydrogens is 117 g/mol. The Morgan fingerprint density at radius 1 is 1.44 bits per heavy atom. The maximum atomic E-state index is 12.7. The Morgan fingerprint density at radius 3 is 2.00 bits per heavy atom. The summed E-state index contributed by atoms with van der Waals surface area (Å²) < 4.78 is 12.7. The van der Waals surface area contributed by atoms with Crippen LogP contribution in [0.25, 0.3) is 0 Å². The molecule has 0 aromatic rings. The molecule has 0 saturated carbocycles. The number of halogens is 1. The van der Waals surface area contributed by atoms with Crippen molar-refractivity contribution in [2.75, 3.05) is 6.54 Å². The van der Waals surface area contributed by atoms with Crippen LogP contribution in [-0.4, -0.2) is 12.5 Å². The van der Waals surface area contributed by atoms with Gasteiger partial charge in [0.25, 0.3) is 0 Å². The highest BCUT2D eigenvalue weighted by Crippen LogP contribution is 2.16. The van der Waals surface area contributed by atoms with Crippen LogP contribution in [0.5, 0.6) is 0 Å². The molecule has 0 spiro atoms. The van der Waals surface area contributed by atoms with Gasteiger partial charge in [-0.15, -0.1) is 0 Å². The Balaban J connectivity index is 4.03. The van der Waals surface area contributed by atoms with Crippen molar-refractivity contribution in [3.05, 3.63) is 0 Å². The Bertz CT molecular complexity index is 111. The van der Waals surface area contributed by atoms with Crippen molar-refractivity contribution in [2.45, 2.75) is 27.7 Å². The van der Waals surface area contributed by atoms with Crippen molar-refractivity contribution in [3.63, 3.8) is 0 Å². The molecule has 0 amide bonds. The van der Waals surface area contributed by atoms with E-state index in [4.69, 9.17) is 0 Å². The summed E-state index contributed by atoms with van der Waals surface area (Å²) in [5.41, 5.74) is -0.407. The quantitative estimate of drug-likeness (QED) is 0.484. The smallest absolute Gasteiger partial charge is 0.189 e. The molecule has 9 heavy (non-hydrogen) atoms. The van der Waals surface area contributed by atoms with E-state index in [9.17, 15) is 4.39 Å². The van der Waals surface area contributed by atoms with Gasteiger partial charge in [-0.25, -0.2) is 0 Å². The average Bonchev–Trinajstić information content (AvgIpc) is 1.64. The second-order valence-corrected chi connectivity index (χ2v) is 3.02. The summed E-state index contributed by atoms with van der Waals surface area (Å²) in [6.07, 6.45) is 0. The van der Waals surface area contributed by atoms with E-state index < -0.39 is 5.41 Å². The van der Waals surface area contributed by atoms with Gasteiger partial charge in [-0.05, 0) is 6.92 Å². The van der Waals surface area contributed by atoms with E-state index in [0.29, 0.717) is 6.54 Å². The van der Waals surface area contributed by atoms with Gasteiger partial charge in [0.1, 0.15) is 0 Å². The normalized spacial score (nSPS) is 14.1. The fourth-order valence-corrected chi connectivity index (χ4v) is 0.376. The fourth-order valence-electron chi connectivity index (χ4n) is 0.376. The second kappa shape index (κ2) is 2.95. The van der Waals surface area contributed by atoms with Gasteiger partial charge in [-0.1, -0.05) is 20.8 Å². The number of aliphatic imine (C=N–C) groups is 1. The van der Waals surface area contributed by atoms with Crippen LogP contribution in [0.4, 0.5) is 4.39 Å². The monoisotopic (exact) mass is 131 g/mol. The number of hydrogen-bond donors (Lipinski definition) is 0. The molecule has 2 heteroatoms. The van der Waals surface area contributed by atoms with E-state index in [1.165, 1.54) is 0 Å². The van der Waals surface area contributed by atoms with E-state index in [1.807, 2.05) is 27.7 Å². The van der Waals surface area contributed by atoms with Gasteiger partial charge >= 0.3 is 0 Å². The van der Waals surface area contributed by atoms with Gasteiger partial charge in [0.15, 0.2) is 5.97 Å². The highest BCUT2D eigenvalue weighted by molar-refractivity contribution is 5.80. The SMILES string of the molecule is CC/N=C(/F)C(C)(C)C. The molecule has 0 aromatic heterocycles. The van der Waals surface area contributed by atoms with Crippen LogP contribution < -0.4 is 0 Å². The first kappa shape index (κ1) is 8.60. The lowest BCUT2D eigenvalue weighted by Crippen LogP contribution is -2.15. The predicted octanol–water partition coefficient (Wildman–Crippen LogP) is 2.42. The topological polar surface area (TPSA) is 12.4 Å². The van der Waals surface area contributed by atoms with Crippen molar-refractivity contribution in [3.8, 4) is 0 Å². The first-order valence-corrected chi connectivity index (χ1v) is 3.19. The Hall–Kier alpha value is -0.400. The Labute approximate surface area is 56.0 Å². The summed E-state index contributed by atoms with van der Waals surface area (Å²) in [5.74, 6) is -0.259. The first-order chi connectivity index (χ1) is 3.98. The molecule has 0 unspecified atom stereocenters. The minimum Gasteiger partial charge on any atom is -0.262 e. The second-order valence-electron chi connectivity index (χ2n) is 3.02. The molecule has 54 valence electrons. The zero-order valence-corrected chi connectivity index (χ0v) is 6.53. The standard InChI is InChI=1S/C7H14FN/c1-5-9-6(8)7(2,3)4/h5H2,1-4H3/b9-6+. The predicted molar refractivity (Wildman–Crippen MR) is 38.5 cm³/mol. The van der Waals surface area contributed by atoms with Gasteiger partial charge in [-0.2, -0.15) is 4.39 Å². The van der Waals surface area contributed by atoms with Gasteiger partial charge in [0.05, 0.1) is 0 Å². The lowest BCUT2D eigenvalue weighted by atomic mass is 9.98. The molecule has 0 heterocycles. The maximum absolute atomic E-state index is 12.7. The van der Waals surface area contributed by atoms with Crippen LogP contribution in [0.3, 0.4) is 0 Å². The van der Waals surface area contributed by atoms with Crippen molar-refractivity contribution in [1.82, 2.24) is 0 Å². The van der Waals surface area contributed by atoms with E-state index >= 15 is 0 Å². The Morgan fingerprint density at radius 2 is 1.89 bits per heavy atom. The third kappa shape index (κ3) is 3.22. The minimum absolute atomic E-state index is 0.259. The molecule has 0 N–H and O–H groups in total. The van der Waals surface area contributed by atoms with Crippen molar-refractivity contribution in [2.24, 2.45) is 10.4 Å². The molecule has 0 radical (unpaired) electrons.